The zero-order valence-electron chi connectivity index (χ0n) is 9.95. The van der Waals surface area contributed by atoms with Crippen molar-refractivity contribution in [1.29, 1.82) is 5.26 Å². The second-order valence-electron chi connectivity index (χ2n) is 5.10. The molecule has 2 aromatic rings. The predicted octanol–water partition coefficient (Wildman–Crippen LogP) is 3.11. The molecule has 1 aliphatic carbocycles. The molecule has 0 amide bonds. The lowest BCUT2D eigenvalue weighted by Gasteiger charge is -2.35. The molecule has 1 aliphatic rings. The number of aryl methyl sites for hydroxylation is 1. The van der Waals surface area contributed by atoms with E-state index in [-0.39, 0.29) is 5.41 Å². The van der Waals surface area contributed by atoms with Gasteiger partial charge < -0.3 is 4.98 Å². The topological polar surface area (TPSA) is 52.5 Å². The lowest BCUT2D eigenvalue weighted by molar-refractivity contribution is 0.214. The van der Waals surface area contributed by atoms with Crippen LogP contribution in [0.25, 0.3) is 11.0 Å². The fraction of sp³-hybridized carbons (Fsp3) is 0.429. The van der Waals surface area contributed by atoms with Gasteiger partial charge in [-0.25, -0.2) is 4.98 Å². The zero-order valence-corrected chi connectivity index (χ0v) is 9.95. The van der Waals surface area contributed by atoms with Gasteiger partial charge in [0.15, 0.2) is 0 Å². The SMILES string of the molecule is Cc1nc2ccc(CC3(C#N)CCC3)cc2[nH]1. The highest BCUT2D eigenvalue weighted by atomic mass is 14.9. The lowest BCUT2D eigenvalue weighted by atomic mass is 9.66. The van der Waals surface area contributed by atoms with Crippen LogP contribution < -0.4 is 0 Å². The Hall–Kier alpha value is -1.82. The second-order valence-corrected chi connectivity index (χ2v) is 5.10. The molecule has 1 aromatic heterocycles. The van der Waals surface area contributed by atoms with Crippen LogP contribution in [0.3, 0.4) is 0 Å². The normalized spacial score (nSPS) is 17.6. The number of aromatic nitrogens is 2. The Balaban J connectivity index is 1.93. The molecule has 1 saturated carbocycles. The first-order valence-electron chi connectivity index (χ1n) is 6.07. The summed E-state index contributed by atoms with van der Waals surface area (Å²) in [7, 11) is 0. The molecule has 0 unspecified atom stereocenters. The third-order valence-corrected chi connectivity index (χ3v) is 3.76. The maximum absolute atomic E-state index is 9.25. The molecule has 1 aromatic carbocycles. The van der Waals surface area contributed by atoms with Gasteiger partial charge in [-0.05, 0) is 43.9 Å². The Kier molecular flexibility index (Phi) is 2.19. The van der Waals surface area contributed by atoms with Crippen LogP contribution >= 0.6 is 0 Å². The molecule has 1 N–H and O–H groups in total. The summed E-state index contributed by atoms with van der Waals surface area (Å²) in [4.78, 5) is 7.63. The first-order chi connectivity index (χ1) is 8.21. The summed E-state index contributed by atoms with van der Waals surface area (Å²) in [5.41, 5.74) is 3.23. The molecule has 0 spiro atoms. The van der Waals surface area contributed by atoms with Crippen LogP contribution in [-0.2, 0) is 6.42 Å². The Bertz CT molecular complexity index is 599. The first-order valence-corrected chi connectivity index (χ1v) is 6.07. The van der Waals surface area contributed by atoms with Crippen molar-refractivity contribution < 1.29 is 0 Å². The number of hydrogen-bond donors (Lipinski definition) is 1. The van der Waals surface area contributed by atoms with Gasteiger partial charge in [-0.3, -0.25) is 0 Å². The van der Waals surface area contributed by atoms with Crippen LogP contribution in [0.4, 0.5) is 0 Å². The summed E-state index contributed by atoms with van der Waals surface area (Å²) in [6.07, 6.45) is 4.16. The Morgan fingerprint density at radius 1 is 1.47 bits per heavy atom. The smallest absolute Gasteiger partial charge is 0.104 e. The van der Waals surface area contributed by atoms with E-state index < -0.39 is 0 Å². The van der Waals surface area contributed by atoms with Crippen LogP contribution in [0.1, 0.15) is 30.7 Å². The number of nitrogens with one attached hydrogen (secondary N) is 1. The highest BCUT2D eigenvalue weighted by Crippen LogP contribution is 2.43. The highest BCUT2D eigenvalue weighted by molar-refractivity contribution is 5.75. The van der Waals surface area contributed by atoms with E-state index in [1.807, 2.05) is 13.0 Å². The van der Waals surface area contributed by atoms with Gasteiger partial charge in [0.25, 0.3) is 0 Å². The van der Waals surface area contributed by atoms with E-state index in [0.29, 0.717) is 0 Å². The molecule has 0 radical (unpaired) electrons. The number of H-pyrrole nitrogens is 1. The molecule has 1 heterocycles. The van der Waals surface area contributed by atoms with Crippen molar-refractivity contribution in [2.75, 3.05) is 0 Å². The van der Waals surface area contributed by atoms with Gasteiger partial charge in [0.2, 0.25) is 0 Å². The Morgan fingerprint density at radius 3 is 2.94 bits per heavy atom. The van der Waals surface area contributed by atoms with Crippen molar-refractivity contribution >= 4 is 11.0 Å². The zero-order chi connectivity index (χ0) is 11.9. The van der Waals surface area contributed by atoms with Crippen molar-refractivity contribution in [2.45, 2.75) is 32.6 Å². The van der Waals surface area contributed by atoms with E-state index in [1.165, 1.54) is 12.0 Å². The minimum Gasteiger partial charge on any atom is -0.342 e. The number of hydrogen-bond acceptors (Lipinski definition) is 2. The minimum atomic E-state index is -0.0945. The molecule has 0 atom stereocenters. The molecular weight excluding hydrogens is 210 g/mol. The molecule has 17 heavy (non-hydrogen) atoms. The van der Waals surface area contributed by atoms with Crippen molar-refractivity contribution in [3.05, 3.63) is 29.6 Å². The minimum absolute atomic E-state index is 0.0945. The maximum Gasteiger partial charge on any atom is 0.104 e. The maximum atomic E-state index is 9.25. The third kappa shape index (κ3) is 1.70. The van der Waals surface area contributed by atoms with E-state index in [0.717, 1.165) is 36.1 Å². The van der Waals surface area contributed by atoms with E-state index in [1.54, 1.807) is 0 Å². The summed E-state index contributed by atoms with van der Waals surface area (Å²) >= 11 is 0. The predicted molar refractivity (Wildman–Crippen MR) is 66.4 cm³/mol. The summed E-state index contributed by atoms with van der Waals surface area (Å²) < 4.78 is 0. The molecular formula is C14H15N3. The van der Waals surface area contributed by atoms with Crippen molar-refractivity contribution in [3.63, 3.8) is 0 Å². The standard InChI is InChI=1S/C14H15N3/c1-10-16-12-4-3-11(7-13(12)17-10)8-14(9-15)5-2-6-14/h3-4,7H,2,5-6,8H2,1H3,(H,16,17). The van der Waals surface area contributed by atoms with Gasteiger partial charge in [0, 0.05) is 0 Å². The molecule has 3 heteroatoms. The first kappa shape index (κ1) is 10.3. The number of nitriles is 1. The number of fused-ring (bicyclic) bond motifs is 1. The van der Waals surface area contributed by atoms with Crippen LogP contribution in [0.5, 0.6) is 0 Å². The molecule has 0 bridgehead atoms. The molecule has 3 nitrogen and oxygen atoms in total. The van der Waals surface area contributed by atoms with E-state index in [4.69, 9.17) is 0 Å². The van der Waals surface area contributed by atoms with Crippen LogP contribution in [0, 0.1) is 23.7 Å². The van der Waals surface area contributed by atoms with E-state index in [2.05, 4.69) is 28.2 Å². The van der Waals surface area contributed by atoms with Gasteiger partial charge in [0.05, 0.1) is 22.5 Å². The lowest BCUT2D eigenvalue weighted by Crippen LogP contribution is -2.29. The van der Waals surface area contributed by atoms with Crippen LogP contribution in [-0.4, -0.2) is 9.97 Å². The van der Waals surface area contributed by atoms with Crippen LogP contribution in [0.15, 0.2) is 18.2 Å². The Labute approximate surface area is 100 Å². The second kappa shape index (κ2) is 3.59. The van der Waals surface area contributed by atoms with Gasteiger partial charge in [0.1, 0.15) is 5.82 Å². The molecule has 1 fully saturated rings. The summed E-state index contributed by atoms with van der Waals surface area (Å²) in [6.45, 7) is 1.96. The van der Waals surface area contributed by atoms with Crippen LogP contribution in [0.2, 0.25) is 0 Å². The highest BCUT2D eigenvalue weighted by Gasteiger charge is 2.37. The van der Waals surface area contributed by atoms with E-state index >= 15 is 0 Å². The van der Waals surface area contributed by atoms with Crippen molar-refractivity contribution in [1.82, 2.24) is 9.97 Å². The number of rotatable bonds is 2. The molecule has 86 valence electrons. The van der Waals surface area contributed by atoms with Gasteiger partial charge >= 0.3 is 0 Å². The largest absolute Gasteiger partial charge is 0.342 e. The van der Waals surface area contributed by atoms with Gasteiger partial charge in [-0.15, -0.1) is 0 Å². The summed E-state index contributed by atoms with van der Waals surface area (Å²) in [5, 5.41) is 9.25. The number of nitrogens with zero attached hydrogens (tertiary/aromatic N) is 2. The third-order valence-electron chi connectivity index (χ3n) is 3.76. The quantitative estimate of drug-likeness (QED) is 0.853. The monoisotopic (exact) mass is 225 g/mol. The van der Waals surface area contributed by atoms with E-state index in [9.17, 15) is 5.26 Å². The van der Waals surface area contributed by atoms with Crippen molar-refractivity contribution in [2.24, 2.45) is 5.41 Å². The average Bonchev–Trinajstić information content (AvgIpc) is 2.63. The number of imidazole rings is 1. The summed E-state index contributed by atoms with van der Waals surface area (Å²) in [6, 6.07) is 8.76. The fourth-order valence-corrected chi connectivity index (χ4v) is 2.62. The average molecular weight is 225 g/mol. The van der Waals surface area contributed by atoms with Crippen molar-refractivity contribution in [3.8, 4) is 6.07 Å². The molecule has 0 saturated heterocycles. The molecule has 3 rings (SSSR count). The Morgan fingerprint density at radius 2 is 2.29 bits per heavy atom. The molecule has 0 aliphatic heterocycles. The van der Waals surface area contributed by atoms with Gasteiger partial charge in [-0.1, -0.05) is 12.5 Å². The van der Waals surface area contributed by atoms with Gasteiger partial charge in [-0.2, -0.15) is 5.26 Å². The fourth-order valence-electron chi connectivity index (χ4n) is 2.62. The number of aromatic amines is 1. The number of benzene rings is 1. The summed E-state index contributed by atoms with van der Waals surface area (Å²) in [5.74, 6) is 0.941.